The van der Waals surface area contributed by atoms with Crippen LogP contribution < -0.4 is 5.32 Å². The first-order valence-electron chi connectivity index (χ1n) is 6.71. The molecule has 3 rings (SSSR count). The quantitative estimate of drug-likeness (QED) is 0.806. The fraction of sp³-hybridized carbons (Fsp3) is 0.0625. The van der Waals surface area contributed by atoms with Gasteiger partial charge in [0.1, 0.15) is 12.7 Å². The number of hydrogen-bond donors (Lipinski definition) is 1. The second-order valence-corrected chi connectivity index (χ2v) is 5.11. The number of nitrogens with one attached hydrogen (secondary N) is 1. The fourth-order valence-electron chi connectivity index (χ4n) is 2.06. The van der Waals surface area contributed by atoms with E-state index in [4.69, 9.17) is 11.6 Å². The molecule has 0 unspecified atom stereocenters. The van der Waals surface area contributed by atoms with Crippen LogP contribution in [0.1, 0.15) is 15.9 Å². The molecule has 0 saturated heterocycles. The molecule has 1 amide bonds. The maximum Gasteiger partial charge on any atom is 0.253 e. The Hall–Kier alpha value is -2.66. The van der Waals surface area contributed by atoms with Crippen molar-refractivity contribution < 1.29 is 4.79 Å². The Morgan fingerprint density at radius 3 is 2.50 bits per heavy atom. The van der Waals surface area contributed by atoms with Crippen LogP contribution in [0.15, 0.2) is 61.2 Å². The van der Waals surface area contributed by atoms with E-state index in [1.165, 1.54) is 0 Å². The first-order chi connectivity index (χ1) is 10.7. The Bertz CT molecular complexity index is 772. The van der Waals surface area contributed by atoms with E-state index >= 15 is 0 Å². The molecule has 0 atom stereocenters. The monoisotopic (exact) mass is 312 g/mol. The van der Waals surface area contributed by atoms with Gasteiger partial charge in [-0.2, -0.15) is 0 Å². The molecule has 110 valence electrons. The molecule has 2 aromatic carbocycles. The van der Waals surface area contributed by atoms with E-state index in [-0.39, 0.29) is 5.91 Å². The summed E-state index contributed by atoms with van der Waals surface area (Å²) in [5, 5.41) is 10.7. The minimum absolute atomic E-state index is 0.204. The maximum absolute atomic E-state index is 12.2. The number of halogens is 1. The lowest BCUT2D eigenvalue weighted by molar-refractivity contribution is 0.0951. The first kappa shape index (κ1) is 14.3. The van der Waals surface area contributed by atoms with Gasteiger partial charge in [-0.15, -0.1) is 10.2 Å². The van der Waals surface area contributed by atoms with Crippen molar-refractivity contribution in [3.63, 3.8) is 0 Å². The largest absolute Gasteiger partial charge is 0.348 e. The lowest BCUT2D eigenvalue weighted by Crippen LogP contribution is -2.23. The SMILES string of the molecule is O=C(NCc1ccccc1)c1ccc(-n2cnnc2)cc1Cl. The van der Waals surface area contributed by atoms with Gasteiger partial charge in [-0.1, -0.05) is 41.9 Å². The molecule has 0 aliphatic heterocycles. The Morgan fingerprint density at radius 2 is 1.82 bits per heavy atom. The summed E-state index contributed by atoms with van der Waals surface area (Å²) < 4.78 is 1.72. The van der Waals surface area contributed by atoms with Crippen molar-refractivity contribution in [2.24, 2.45) is 0 Å². The van der Waals surface area contributed by atoms with Gasteiger partial charge in [0.15, 0.2) is 0 Å². The molecule has 6 heteroatoms. The van der Waals surface area contributed by atoms with Gasteiger partial charge < -0.3 is 5.32 Å². The fourth-order valence-corrected chi connectivity index (χ4v) is 2.32. The predicted molar refractivity (Wildman–Crippen MR) is 84.0 cm³/mol. The van der Waals surface area contributed by atoms with Crippen molar-refractivity contribution in [2.75, 3.05) is 0 Å². The molecule has 0 aliphatic rings. The number of carbonyl (C=O) groups excluding carboxylic acids is 1. The molecule has 0 radical (unpaired) electrons. The van der Waals surface area contributed by atoms with Gasteiger partial charge in [-0.25, -0.2) is 0 Å². The van der Waals surface area contributed by atoms with Crippen LogP contribution in [0.2, 0.25) is 5.02 Å². The highest BCUT2D eigenvalue weighted by Crippen LogP contribution is 2.20. The molecule has 0 fully saturated rings. The minimum atomic E-state index is -0.204. The standard InChI is InChI=1S/C16H13ClN4O/c17-15-8-13(21-10-19-20-11-21)6-7-14(15)16(22)18-9-12-4-2-1-3-5-12/h1-8,10-11H,9H2,(H,18,22). The zero-order valence-electron chi connectivity index (χ0n) is 11.6. The van der Waals surface area contributed by atoms with Crippen LogP contribution in [0.4, 0.5) is 0 Å². The summed E-state index contributed by atoms with van der Waals surface area (Å²) in [5.41, 5.74) is 2.28. The smallest absolute Gasteiger partial charge is 0.253 e. The second-order valence-electron chi connectivity index (χ2n) is 4.70. The van der Waals surface area contributed by atoms with Crippen molar-refractivity contribution in [2.45, 2.75) is 6.54 Å². The predicted octanol–water partition coefficient (Wildman–Crippen LogP) is 2.85. The molecule has 0 bridgehead atoms. The molecule has 1 heterocycles. The van der Waals surface area contributed by atoms with Gasteiger partial charge in [-0.05, 0) is 23.8 Å². The summed E-state index contributed by atoms with van der Waals surface area (Å²) in [5.74, 6) is -0.204. The number of benzene rings is 2. The minimum Gasteiger partial charge on any atom is -0.348 e. The van der Waals surface area contributed by atoms with Crippen LogP contribution in [0.25, 0.3) is 5.69 Å². The van der Waals surface area contributed by atoms with Crippen LogP contribution in [0.5, 0.6) is 0 Å². The number of nitrogens with zero attached hydrogens (tertiary/aromatic N) is 3. The van der Waals surface area contributed by atoms with Crippen LogP contribution in [-0.4, -0.2) is 20.7 Å². The van der Waals surface area contributed by atoms with Gasteiger partial charge in [0.2, 0.25) is 0 Å². The highest BCUT2D eigenvalue weighted by atomic mass is 35.5. The molecule has 0 aliphatic carbocycles. The second kappa shape index (κ2) is 6.41. The van der Waals surface area contributed by atoms with Crippen LogP contribution in [-0.2, 0) is 6.54 Å². The summed E-state index contributed by atoms with van der Waals surface area (Å²) in [6.45, 7) is 0.462. The molecular formula is C16H13ClN4O. The maximum atomic E-state index is 12.2. The summed E-state index contributed by atoms with van der Waals surface area (Å²) in [6.07, 6.45) is 3.14. The lowest BCUT2D eigenvalue weighted by Gasteiger charge is -2.08. The van der Waals surface area contributed by atoms with E-state index < -0.39 is 0 Å². The van der Waals surface area contributed by atoms with E-state index in [0.29, 0.717) is 17.1 Å². The van der Waals surface area contributed by atoms with Gasteiger partial charge in [0, 0.05) is 12.2 Å². The van der Waals surface area contributed by atoms with E-state index in [2.05, 4.69) is 15.5 Å². The molecule has 22 heavy (non-hydrogen) atoms. The van der Waals surface area contributed by atoms with Crippen molar-refractivity contribution in [3.05, 3.63) is 77.3 Å². The van der Waals surface area contributed by atoms with E-state index in [0.717, 1.165) is 11.3 Å². The summed E-state index contributed by atoms with van der Waals surface area (Å²) in [6, 6.07) is 14.9. The van der Waals surface area contributed by atoms with Gasteiger partial charge in [0.25, 0.3) is 5.91 Å². The molecule has 5 nitrogen and oxygen atoms in total. The van der Waals surface area contributed by atoms with Crippen molar-refractivity contribution in [1.29, 1.82) is 0 Å². The Morgan fingerprint density at radius 1 is 1.09 bits per heavy atom. The molecule has 3 aromatic rings. The third-order valence-corrected chi connectivity index (χ3v) is 3.52. The zero-order chi connectivity index (χ0) is 15.4. The summed E-state index contributed by atoms with van der Waals surface area (Å²) in [7, 11) is 0. The van der Waals surface area contributed by atoms with Crippen LogP contribution in [0.3, 0.4) is 0 Å². The Kier molecular flexibility index (Phi) is 4.16. The number of aromatic nitrogens is 3. The lowest BCUT2D eigenvalue weighted by atomic mass is 10.1. The molecule has 1 N–H and O–H groups in total. The molecule has 0 saturated carbocycles. The van der Waals surface area contributed by atoms with Crippen LogP contribution in [0, 0.1) is 0 Å². The first-order valence-corrected chi connectivity index (χ1v) is 7.08. The topological polar surface area (TPSA) is 59.8 Å². The number of amides is 1. The van der Waals surface area contributed by atoms with E-state index in [9.17, 15) is 4.79 Å². The third-order valence-electron chi connectivity index (χ3n) is 3.21. The normalized spacial score (nSPS) is 10.4. The average Bonchev–Trinajstić information content (AvgIpc) is 3.08. The molecular weight excluding hydrogens is 300 g/mol. The van der Waals surface area contributed by atoms with E-state index in [1.807, 2.05) is 30.3 Å². The number of carbonyl (C=O) groups is 1. The third kappa shape index (κ3) is 3.15. The average molecular weight is 313 g/mol. The van der Waals surface area contributed by atoms with Crippen molar-refractivity contribution in [3.8, 4) is 5.69 Å². The van der Waals surface area contributed by atoms with Gasteiger partial charge in [0.05, 0.1) is 10.6 Å². The Labute approximate surface area is 132 Å². The highest BCUT2D eigenvalue weighted by Gasteiger charge is 2.11. The summed E-state index contributed by atoms with van der Waals surface area (Å²) >= 11 is 6.21. The molecule has 0 spiro atoms. The van der Waals surface area contributed by atoms with Crippen molar-refractivity contribution in [1.82, 2.24) is 20.1 Å². The van der Waals surface area contributed by atoms with Crippen molar-refractivity contribution >= 4 is 17.5 Å². The highest BCUT2D eigenvalue weighted by molar-refractivity contribution is 6.34. The number of hydrogen-bond acceptors (Lipinski definition) is 3. The van der Waals surface area contributed by atoms with Crippen LogP contribution >= 0.6 is 11.6 Å². The Balaban J connectivity index is 1.73. The number of rotatable bonds is 4. The van der Waals surface area contributed by atoms with E-state index in [1.54, 1.807) is 35.4 Å². The van der Waals surface area contributed by atoms with Gasteiger partial charge >= 0.3 is 0 Å². The summed E-state index contributed by atoms with van der Waals surface area (Å²) in [4.78, 5) is 12.2. The molecule has 1 aromatic heterocycles. The zero-order valence-corrected chi connectivity index (χ0v) is 12.4. The van der Waals surface area contributed by atoms with Gasteiger partial charge in [-0.3, -0.25) is 9.36 Å².